The molecular weight excluding hydrogens is 328 g/mol. The maximum Gasteiger partial charge on any atom is 0.275 e. The number of hydrogen-bond acceptors (Lipinski definition) is 4. The molecule has 130 valence electrons. The number of hydrogen-bond donors (Lipinski definition) is 2. The highest BCUT2D eigenvalue weighted by Gasteiger charge is 2.23. The molecule has 1 fully saturated rings. The number of fused-ring (bicyclic) bond motifs is 1. The van der Waals surface area contributed by atoms with Gasteiger partial charge >= 0.3 is 0 Å². The molecule has 1 saturated carbocycles. The van der Waals surface area contributed by atoms with Crippen molar-refractivity contribution in [3.8, 4) is 0 Å². The van der Waals surface area contributed by atoms with Crippen LogP contribution in [0.4, 0.5) is 5.69 Å². The van der Waals surface area contributed by atoms with E-state index in [0.717, 1.165) is 23.9 Å². The first kappa shape index (κ1) is 16.2. The van der Waals surface area contributed by atoms with Gasteiger partial charge in [0.1, 0.15) is 5.69 Å². The van der Waals surface area contributed by atoms with Crippen molar-refractivity contribution >= 4 is 28.5 Å². The standard InChI is InChI=1S/C20H18N4O2/c25-19(22-14-9-10-14)11-13-5-7-15(8-6-13)23-20(26)18-12-21-16-3-1-2-4-17(16)24-18/h1-8,12,14H,9-11H2,(H,22,25)(H,23,26). The van der Waals surface area contributed by atoms with E-state index in [4.69, 9.17) is 0 Å². The van der Waals surface area contributed by atoms with Gasteiger partial charge < -0.3 is 10.6 Å². The Balaban J connectivity index is 1.40. The SMILES string of the molecule is O=C(Cc1ccc(NC(=O)c2cnc3ccccc3n2)cc1)NC1CC1. The van der Waals surface area contributed by atoms with Crippen LogP contribution in [0.1, 0.15) is 28.9 Å². The number of carbonyl (C=O) groups excluding carboxylic acids is 2. The van der Waals surface area contributed by atoms with Crippen molar-refractivity contribution in [2.75, 3.05) is 5.32 Å². The molecule has 1 heterocycles. The lowest BCUT2D eigenvalue weighted by molar-refractivity contribution is -0.120. The summed E-state index contributed by atoms with van der Waals surface area (Å²) in [6.07, 6.45) is 3.97. The predicted octanol–water partition coefficient (Wildman–Crippen LogP) is 2.70. The van der Waals surface area contributed by atoms with Crippen LogP contribution in [-0.2, 0) is 11.2 Å². The Morgan fingerprint density at radius 3 is 2.46 bits per heavy atom. The quantitative estimate of drug-likeness (QED) is 0.744. The van der Waals surface area contributed by atoms with Crippen LogP contribution in [0.2, 0.25) is 0 Å². The van der Waals surface area contributed by atoms with Crippen molar-refractivity contribution in [1.29, 1.82) is 0 Å². The molecule has 26 heavy (non-hydrogen) atoms. The zero-order valence-electron chi connectivity index (χ0n) is 14.1. The van der Waals surface area contributed by atoms with Gasteiger partial charge in [0.05, 0.1) is 23.7 Å². The summed E-state index contributed by atoms with van der Waals surface area (Å²) in [6.45, 7) is 0. The number of nitrogens with zero attached hydrogens (tertiary/aromatic N) is 2. The van der Waals surface area contributed by atoms with E-state index in [-0.39, 0.29) is 17.5 Å². The first-order valence-corrected chi connectivity index (χ1v) is 8.59. The Morgan fingerprint density at radius 2 is 1.73 bits per heavy atom. The lowest BCUT2D eigenvalue weighted by Crippen LogP contribution is -2.26. The summed E-state index contributed by atoms with van der Waals surface area (Å²) in [7, 11) is 0. The van der Waals surface area contributed by atoms with E-state index >= 15 is 0 Å². The monoisotopic (exact) mass is 346 g/mol. The molecule has 2 N–H and O–H groups in total. The summed E-state index contributed by atoms with van der Waals surface area (Å²) in [5.41, 5.74) is 3.24. The third kappa shape index (κ3) is 3.85. The van der Waals surface area contributed by atoms with E-state index in [1.165, 1.54) is 6.20 Å². The van der Waals surface area contributed by atoms with Gasteiger partial charge in [-0.3, -0.25) is 14.6 Å². The second kappa shape index (κ2) is 6.92. The van der Waals surface area contributed by atoms with Crippen LogP contribution in [-0.4, -0.2) is 27.8 Å². The highest BCUT2D eigenvalue weighted by molar-refractivity contribution is 6.03. The third-order valence-electron chi connectivity index (χ3n) is 4.20. The second-order valence-electron chi connectivity index (χ2n) is 6.41. The molecule has 0 saturated heterocycles. The first-order valence-electron chi connectivity index (χ1n) is 8.59. The Bertz CT molecular complexity index is 965. The molecule has 0 spiro atoms. The van der Waals surface area contributed by atoms with Crippen LogP contribution < -0.4 is 10.6 Å². The molecule has 0 unspecified atom stereocenters. The molecule has 0 aliphatic heterocycles. The third-order valence-corrected chi connectivity index (χ3v) is 4.20. The lowest BCUT2D eigenvalue weighted by Gasteiger charge is -2.07. The number of benzene rings is 2. The zero-order chi connectivity index (χ0) is 17.9. The molecule has 0 bridgehead atoms. The van der Waals surface area contributed by atoms with E-state index < -0.39 is 0 Å². The topological polar surface area (TPSA) is 84.0 Å². The summed E-state index contributed by atoms with van der Waals surface area (Å²) in [5, 5.41) is 5.77. The van der Waals surface area contributed by atoms with E-state index in [1.807, 2.05) is 36.4 Å². The smallest absolute Gasteiger partial charge is 0.275 e. The Kier molecular flexibility index (Phi) is 4.31. The van der Waals surface area contributed by atoms with Gasteiger partial charge in [-0.15, -0.1) is 0 Å². The minimum absolute atomic E-state index is 0.0377. The average Bonchev–Trinajstić information content (AvgIpc) is 3.46. The Hall–Kier alpha value is -3.28. The molecule has 0 atom stereocenters. The fourth-order valence-electron chi connectivity index (χ4n) is 2.66. The number of amides is 2. The van der Waals surface area contributed by atoms with Gasteiger partial charge in [0, 0.05) is 11.7 Å². The Labute approximate surface area is 150 Å². The molecule has 2 amide bonds. The van der Waals surface area contributed by atoms with E-state index in [0.29, 0.717) is 23.7 Å². The average molecular weight is 346 g/mol. The largest absolute Gasteiger partial charge is 0.353 e. The van der Waals surface area contributed by atoms with Crippen molar-refractivity contribution in [3.05, 3.63) is 66.0 Å². The minimum atomic E-state index is -0.317. The molecule has 6 nitrogen and oxygen atoms in total. The summed E-state index contributed by atoms with van der Waals surface area (Å²) in [6, 6.07) is 15.0. The summed E-state index contributed by atoms with van der Waals surface area (Å²) >= 11 is 0. The van der Waals surface area contributed by atoms with Crippen molar-refractivity contribution in [3.63, 3.8) is 0 Å². The number of anilines is 1. The van der Waals surface area contributed by atoms with Crippen molar-refractivity contribution in [2.45, 2.75) is 25.3 Å². The second-order valence-corrected chi connectivity index (χ2v) is 6.41. The molecule has 1 aliphatic carbocycles. The van der Waals surface area contributed by atoms with Crippen LogP contribution >= 0.6 is 0 Å². The fourth-order valence-corrected chi connectivity index (χ4v) is 2.66. The van der Waals surface area contributed by atoms with Crippen molar-refractivity contribution < 1.29 is 9.59 Å². The van der Waals surface area contributed by atoms with Gasteiger partial charge in [0.15, 0.2) is 0 Å². The molecular formula is C20H18N4O2. The molecule has 4 rings (SSSR count). The fraction of sp³-hybridized carbons (Fsp3) is 0.200. The highest BCUT2D eigenvalue weighted by atomic mass is 16.2. The normalized spacial score (nSPS) is 13.4. The Morgan fingerprint density at radius 1 is 1.00 bits per heavy atom. The molecule has 3 aromatic rings. The van der Waals surface area contributed by atoms with E-state index in [1.54, 1.807) is 12.1 Å². The maximum atomic E-state index is 12.4. The summed E-state index contributed by atoms with van der Waals surface area (Å²) < 4.78 is 0. The van der Waals surface area contributed by atoms with Crippen LogP contribution in [0.15, 0.2) is 54.7 Å². The first-order chi connectivity index (χ1) is 12.7. The van der Waals surface area contributed by atoms with Gasteiger partial charge in [-0.1, -0.05) is 24.3 Å². The summed E-state index contributed by atoms with van der Waals surface area (Å²) in [5.74, 6) is -0.279. The van der Waals surface area contributed by atoms with Crippen molar-refractivity contribution in [2.24, 2.45) is 0 Å². The van der Waals surface area contributed by atoms with Gasteiger partial charge in [0.25, 0.3) is 5.91 Å². The molecule has 0 radical (unpaired) electrons. The van der Waals surface area contributed by atoms with Gasteiger partial charge in [-0.05, 0) is 42.7 Å². The molecule has 1 aliphatic rings. The number of nitrogens with one attached hydrogen (secondary N) is 2. The van der Waals surface area contributed by atoms with Gasteiger partial charge in [-0.2, -0.15) is 0 Å². The van der Waals surface area contributed by atoms with Gasteiger partial charge in [-0.25, -0.2) is 4.98 Å². The number of carbonyl (C=O) groups is 2. The number of rotatable bonds is 5. The highest BCUT2D eigenvalue weighted by Crippen LogP contribution is 2.19. The number of para-hydroxylation sites is 2. The van der Waals surface area contributed by atoms with Crippen molar-refractivity contribution in [1.82, 2.24) is 15.3 Å². The zero-order valence-corrected chi connectivity index (χ0v) is 14.1. The summed E-state index contributed by atoms with van der Waals surface area (Å²) in [4.78, 5) is 32.8. The maximum absolute atomic E-state index is 12.4. The van der Waals surface area contributed by atoms with Crippen LogP contribution in [0.3, 0.4) is 0 Å². The minimum Gasteiger partial charge on any atom is -0.353 e. The number of aromatic nitrogens is 2. The van der Waals surface area contributed by atoms with Crippen LogP contribution in [0.5, 0.6) is 0 Å². The molecule has 2 aromatic carbocycles. The molecule has 1 aromatic heterocycles. The van der Waals surface area contributed by atoms with E-state index in [2.05, 4.69) is 20.6 Å². The van der Waals surface area contributed by atoms with Crippen LogP contribution in [0.25, 0.3) is 11.0 Å². The predicted molar refractivity (Wildman–Crippen MR) is 98.8 cm³/mol. The van der Waals surface area contributed by atoms with E-state index in [9.17, 15) is 9.59 Å². The lowest BCUT2D eigenvalue weighted by atomic mass is 10.1. The van der Waals surface area contributed by atoms with Crippen LogP contribution in [0, 0.1) is 0 Å². The molecule has 6 heteroatoms. The van der Waals surface area contributed by atoms with Gasteiger partial charge in [0.2, 0.25) is 5.91 Å².